The Morgan fingerprint density at radius 2 is 2.47 bits per heavy atom. The summed E-state index contributed by atoms with van der Waals surface area (Å²) in [6.07, 6.45) is 1.58. The predicted octanol–water partition coefficient (Wildman–Crippen LogP) is 1.07. The number of carbonyl (C=O) groups is 1. The summed E-state index contributed by atoms with van der Waals surface area (Å²) in [4.78, 5) is 17.6. The second kappa shape index (κ2) is 5.88. The molecular weight excluding hydrogens is 246 g/mol. The largest absolute Gasteiger partial charge is 0.453 e. The molecule has 1 aliphatic heterocycles. The van der Waals surface area contributed by atoms with Crippen LogP contribution in [0, 0.1) is 0 Å². The summed E-state index contributed by atoms with van der Waals surface area (Å²) in [5.41, 5.74) is 0.807. The van der Waals surface area contributed by atoms with Gasteiger partial charge < -0.3 is 20.1 Å². The van der Waals surface area contributed by atoms with Gasteiger partial charge in [-0.2, -0.15) is 0 Å². The minimum absolute atomic E-state index is 0.0521. The predicted molar refractivity (Wildman–Crippen MR) is 71.0 cm³/mol. The zero-order chi connectivity index (χ0) is 13.8. The molecule has 2 heterocycles. The second-order valence-corrected chi connectivity index (χ2v) is 4.66. The highest BCUT2D eigenvalue weighted by atomic mass is 16.5. The summed E-state index contributed by atoms with van der Waals surface area (Å²) in [6.45, 7) is 3.19. The first-order valence-electron chi connectivity index (χ1n) is 6.34. The number of aliphatic hydroxyl groups excluding tert-OH is 1. The molecule has 0 aromatic carbocycles. The van der Waals surface area contributed by atoms with Crippen LogP contribution in [0.5, 0.6) is 0 Å². The number of anilines is 1. The number of methoxy groups -OCH3 is 1. The Morgan fingerprint density at radius 1 is 1.68 bits per heavy atom. The quantitative estimate of drug-likeness (QED) is 0.855. The van der Waals surface area contributed by atoms with Gasteiger partial charge in [0.1, 0.15) is 5.82 Å². The van der Waals surface area contributed by atoms with Crippen molar-refractivity contribution in [3.63, 3.8) is 0 Å². The molecule has 1 amide bonds. The van der Waals surface area contributed by atoms with Crippen molar-refractivity contribution in [1.29, 1.82) is 0 Å². The maximum atomic E-state index is 11.2. The highest BCUT2D eigenvalue weighted by Crippen LogP contribution is 2.26. The van der Waals surface area contributed by atoms with Crippen LogP contribution in [-0.4, -0.2) is 42.4 Å². The van der Waals surface area contributed by atoms with Gasteiger partial charge in [-0.1, -0.05) is 6.07 Å². The van der Waals surface area contributed by atoms with Gasteiger partial charge in [0.15, 0.2) is 0 Å². The van der Waals surface area contributed by atoms with E-state index in [1.807, 2.05) is 12.1 Å². The molecule has 0 aliphatic carbocycles. The first kappa shape index (κ1) is 13.6. The zero-order valence-electron chi connectivity index (χ0n) is 11.2. The summed E-state index contributed by atoms with van der Waals surface area (Å²) in [7, 11) is 1.35. The number of rotatable bonds is 3. The van der Waals surface area contributed by atoms with Crippen molar-refractivity contribution in [3.8, 4) is 0 Å². The van der Waals surface area contributed by atoms with Crippen molar-refractivity contribution in [3.05, 3.63) is 23.9 Å². The first-order chi connectivity index (χ1) is 9.11. The van der Waals surface area contributed by atoms with E-state index in [9.17, 15) is 9.90 Å². The Hall–Kier alpha value is -1.82. The molecule has 0 spiro atoms. The molecule has 2 rings (SSSR count). The lowest BCUT2D eigenvalue weighted by atomic mass is 10.1. The number of nitrogens with zero attached hydrogens (tertiary/aromatic N) is 2. The van der Waals surface area contributed by atoms with E-state index in [1.165, 1.54) is 7.11 Å². The number of hydrogen-bond acceptors (Lipinski definition) is 5. The number of alkyl carbamates (subject to hydrolysis) is 1. The van der Waals surface area contributed by atoms with Crippen molar-refractivity contribution in [1.82, 2.24) is 10.3 Å². The number of hydrogen-bond donors (Lipinski definition) is 2. The number of amides is 1. The van der Waals surface area contributed by atoms with Crippen LogP contribution in [0.3, 0.4) is 0 Å². The number of pyridine rings is 1. The summed E-state index contributed by atoms with van der Waals surface area (Å²) >= 11 is 0. The van der Waals surface area contributed by atoms with Crippen LogP contribution in [-0.2, 0) is 4.74 Å². The number of ether oxygens (including phenoxy) is 1. The fourth-order valence-electron chi connectivity index (χ4n) is 2.30. The molecule has 1 unspecified atom stereocenters. The molecule has 1 fully saturated rings. The minimum atomic E-state index is -0.559. The fourth-order valence-corrected chi connectivity index (χ4v) is 2.30. The van der Waals surface area contributed by atoms with Crippen molar-refractivity contribution < 1.29 is 14.6 Å². The lowest BCUT2D eigenvalue weighted by Crippen LogP contribution is -2.37. The molecule has 6 heteroatoms. The summed E-state index contributed by atoms with van der Waals surface area (Å²) in [6, 6.07) is 3.73. The maximum absolute atomic E-state index is 11.2. The fraction of sp³-hybridized carbons (Fsp3) is 0.538. The maximum Gasteiger partial charge on any atom is 0.407 e. The SMILES string of the molecule is COC(=O)NC1CCN(c2ncccc2[C@@H](C)O)C1. The molecule has 1 aliphatic rings. The van der Waals surface area contributed by atoms with Crippen molar-refractivity contribution in [2.24, 2.45) is 0 Å². The minimum Gasteiger partial charge on any atom is -0.453 e. The van der Waals surface area contributed by atoms with Crippen LogP contribution < -0.4 is 10.2 Å². The van der Waals surface area contributed by atoms with Gasteiger partial charge in [-0.3, -0.25) is 0 Å². The molecule has 6 nitrogen and oxygen atoms in total. The Labute approximate surface area is 112 Å². The van der Waals surface area contributed by atoms with E-state index in [1.54, 1.807) is 13.1 Å². The third kappa shape index (κ3) is 3.14. The molecule has 104 valence electrons. The Bertz CT molecular complexity index is 451. The topological polar surface area (TPSA) is 74.7 Å². The molecule has 2 N–H and O–H groups in total. The van der Waals surface area contributed by atoms with Gasteiger partial charge >= 0.3 is 6.09 Å². The van der Waals surface area contributed by atoms with Crippen molar-refractivity contribution in [2.75, 3.05) is 25.1 Å². The third-order valence-electron chi connectivity index (χ3n) is 3.26. The standard InChI is InChI=1S/C13H19N3O3/c1-9(17)11-4-3-6-14-12(11)16-7-5-10(8-16)15-13(18)19-2/h3-4,6,9-10,17H,5,7-8H2,1-2H3,(H,15,18)/t9-,10?/m1/s1. The van der Waals surface area contributed by atoms with Gasteiger partial charge in [-0.25, -0.2) is 9.78 Å². The zero-order valence-corrected chi connectivity index (χ0v) is 11.2. The highest BCUT2D eigenvalue weighted by molar-refractivity contribution is 5.67. The van der Waals surface area contributed by atoms with E-state index in [4.69, 9.17) is 0 Å². The van der Waals surface area contributed by atoms with Gasteiger partial charge in [0.2, 0.25) is 0 Å². The van der Waals surface area contributed by atoms with E-state index < -0.39 is 12.2 Å². The molecule has 2 atom stereocenters. The van der Waals surface area contributed by atoms with Crippen LogP contribution >= 0.6 is 0 Å². The smallest absolute Gasteiger partial charge is 0.407 e. The van der Waals surface area contributed by atoms with Gasteiger partial charge in [0.25, 0.3) is 0 Å². The van der Waals surface area contributed by atoms with Gasteiger partial charge in [0, 0.05) is 24.8 Å². The normalized spacial score (nSPS) is 20.2. The van der Waals surface area contributed by atoms with Crippen molar-refractivity contribution in [2.45, 2.75) is 25.5 Å². The van der Waals surface area contributed by atoms with E-state index in [0.29, 0.717) is 6.54 Å². The molecule has 1 aromatic heterocycles. The van der Waals surface area contributed by atoms with E-state index in [0.717, 1.165) is 24.3 Å². The summed E-state index contributed by atoms with van der Waals surface area (Å²) < 4.78 is 4.59. The van der Waals surface area contributed by atoms with E-state index >= 15 is 0 Å². The van der Waals surface area contributed by atoms with Crippen LogP contribution in [0.1, 0.15) is 25.0 Å². The molecule has 0 saturated carbocycles. The lowest BCUT2D eigenvalue weighted by molar-refractivity contribution is 0.167. The molecule has 0 bridgehead atoms. The molecule has 19 heavy (non-hydrogen) atoms. The lowest BCUT2D eigenvalue weighted by Gasteiger charge is -2.21. The second-order valence-electron chi connectivity index (χ2n) is 4.66. The number of carbonyl (C=O) groups excluding carboxylic acids is 1. The molecule has 1 saturated heterocycles. The van der Waals surface area contributed by atoms with Gasteiger partial charge in [-0.15, -0.1) is 0 Å². The summed E-state index contributed by atoms with van der Waals surface area (Å²) in [5, 5.41) is 12.5. The highest BCUT2D eigenvalue weighted by Gasteiger charge is 2.27. The Kier molecular flexibility index (Phi) is 4.21. The monoisotopic (exact) mass is 265 g/mol. The number of aromatic nitrogens is 1. The first-order valence-corrected chi connectivity index (χ1v) is 6.34. The summed E-state index contributed by atoms with van der Waals surface area (Å²) in [5.74, 6) is 0.784. The van der Waals surface area contributed by atoms with E-state index in [-0.39, 0.29) is 6.04 Å². The van der Waals surface area contributed by atoms with Crippen LogP contribution in [0.2, 0.25) is 0 Å². The third-order valence-corrected chi connectivity index (χ3v) is 3.26. The number of aliphatic hydroxyl groups is 1. The van der Waals surface area contributed by atoms with Crippen LogP contribution in [0.15, 0.2) is 18.3 Å². The van der Waals surface area contributed by atoms with Gasteiger partial charge in [0.05, 0.1) is 19.3 Å². The average molecular weight is 265 g/mol. The average Bonchev–Trinajstić information content (AvgIpc) is 2.86. The number of nitrogens with one attached hydrogen (secondary N) is 1. The molecule has 1 aromatic rings. The molecular formula is C13H19N3O3. The van der Waals surface area contributed by atoms with Crippen LogP contribution in [0.4, 0.5) is 10.6 Å². The Morgan fingerprint density at radius 3 is 3.16 bits per heavy atom. The Balaban J connectivity index is 2.06. The van der Waals surface area contributed by atoms with Crippen molar-refractivity contribution >= 4 is 11.9 Å². The van der Waals surface area contributed by atoms with E-state index in [2.05, 4.69) is 19.9 Å². The van der Waals surface area contributed by atoms with Gasteiger partial charge in [-0.05, 0) is 19.4 Å². The van der Waals surface area contributed by atoms with Crippen LogP contribution in [0.25, 0.3) is 0 Å². The molecule has 0 radical (unpaired) electrons.